The molecule has 0 spiro atoms. The number of rotatable bonds is 7. The molecule has 0 unspecified atom stereocenters. The van der Waals surface area contributed by atoms with Gasteiger partial charge in [-0.05, 0) is 24.1 Å². The predicted molar refractivity (Wildman–Crippen MR) is 113 cm³/mol. The van der Waals surface area contributed by atoms with Crippen LogP contribution >= 0.6 is 0 Å². The molecule has 2 aromatic rings. The molecule has 1 saturated heterocycles. The molecule has 0 aliphatic carbocycles. The van der Waals surface area contributed by atoms with Crippen LogP contribution in [0.1, 0.15) is 35.0 Å². The normalized spacial score (nSPS) is 15.4. The first-order chi connectivity index (χ1) is 14.2. The number of aliphatic imine (C=N–C) groups is 1. The first kappa shape index (κ1) is 20.9. The van der Waals surface area contributed by atoms with Crippen molar-refractivity contribution in [1.29, 1.82) is 0 Å². The largest absolute Gasteiger partial charge is 0.364 e. The van der Waals surface area contributed by atoms with Gasteiger partial charge in [0.2, 0.25) is 0 Å². The fourth-order valence-corrected chi connectivity index (χ4v) is 3.34. The van der Waals surface area contributed by atoms with Crippen molar-refractivity contribution in [3.63, 3.8) is 0 Å². The van der Waals surface area contributed by atoms with Gasteiger partial charge in [0.25, 0.3) is 5.91 Å². The van der Waals surface area contributed by atoms with E-state index in [0.29, 0.717) is 18.7 Å². The van der Waals surface area contributed by atoms with Crippen LogP contribution in [-0.4, -0.2) is 66.6 Å². The van der Waals surface area contributed by atoms with Crippen molar-refractivity contribution in [3.05, 3.63) is 53.4 Å². The summed E-state index contributed by atoms with van der Waals surface area (Å²) >= 11 is 0. The van der Waals surface area contributed by atoms with Crippen LogP contribution in [0.15, 0.2) is 46.1 Å². The molecule has 3 rings (SSSR count). The van der Waals surface area contributed by atoms with Crippen LogP contribution in [0.5, 0.6) is 0 Å². The highest BCUT2D eigenvalue weighted by atomic mass is 16.5. The minimum absolute atomic E-state index is 0.0266. The summed E-state index contributed by atoms with van der Waals surface area (Å²) in [5, 5.41) is 10.3. The van der Waals surface area contributed by atoms with Crippen LogP contribution in [0.2, 0.25) is 0 Å². The van der Waals surface area contributed by atoms with E-state index in [-0.39, 0.29) is 5.91 Å². The van der Waals surface area contributed by atoms with Gasteiger partial charge in [-0.2, -0.15) is 0 Å². The maximum absolute atomic E-state index is 12.2. The Balaban J connectivity index is 1.49. The topological polar surface area (TPSA) is 86.0 Å². The third-order valence-corrected chi connectivity index (χ3v) is 4.94. The molecule has 1 aliphatic heterocycles. The number of nitrogens with one attached hydrogen (secondary N) is 2. The Morgan fingerprint density at radius 2 is 2.03 bits per heavy atom. The Hall–Kier alpha value is -2.87. The first-order valence-electron chi connectivity index (χ1n) is 10.1. The molecule has 8 heteroatoms. The van der Waals surface area contributed by atoms with Crippen molar-refractivity contribution in [3.8, 4) is 0 Å². The lowest BCUT2D eigenvalue weighted by Gasteiger charge is -2.36. The van der Waals surface area contributed by atoms with Crippen molar-refractivity contribution in [2.75, 3.05) is 39.8 Å². The number of guanidine groups is 1. The lowest BCUT2D eigenvalue weighted by Crippen LogP contribution is -2.52. The van der Waals surface area contributed by atoms with Crippen LogP contribution in [0.3, 0.4) is 0 Å². The van der Waals surface area contributed by atoms with Gasteiger partial charge in [0.1, 0.15) is 6.26 Å². The van der Waals surface area contributed by atoms with Gasteiger partial charge in [-0.1, -0.05) is 24.2 Å². The summed E-state index contributed by atoms with van der Waals surface area (Å²) in [5.41, 5.74) is 2.71. The minimum atomic E-state index is -0.0266. The van der Waals surface area contributed by atoms with Gasteiger partial charge in [-0.15, -0.1) is 0 Å². The molecule has 1 aliphatic rings. The van der Waals surface area contributed by atoms with E-state index < -0.39 is 0 Å². The molecule has 2 N–H and O–H groups in total. The number of carbonyl (C=O) groups is 1. The second-order valence-corrected chi connectivity index (χ2v) is 7.11. The van der Waals surface area contributed by atoms with Crippen molar-refractivity contribution in [2.45, 2.75) is 26.4 Å². The number of hydrogen-bond donors (Lipinski definition) is 2. The average molecular weight is 399 g/mol. The number of aromatic nitrogens is 1. The summed E-state index contributed by atoms with van der Waals surface area (Å²) in [6.07, 6.45) is 2.54. The molecule has 29 heavy (non-hydrogen) atoms. The summed E-state index contributed by atoms with van der Waals surface area (Å²) in [4.78, 5) is 21.2. The summed E-state index contributed by atoms with van der Waals surface area (Å²) in [6.45, 7) is 7.86. The molecule has 156 valence electrons. The third-order valence-electron chi connectivity index (χ3n) is 4.94. The molecular formula is C21H30N6O2. The van der Waals surface area contributed by atoms with Crippen LogP contribution in [0.4, 0.5) is 0 Å². The van der Waals surface area contributed by atoms with E-state index in [4.69, 9.17) is 4.52 Å². The van der Waals surface area contributed by atoms with Gasteiger partial charge in [0.15, 0.2) is 5.96 Å². The summed E-state index contributed by atoms with van der Waals surface area (Å²) in [6, 6.07) is 9.62. The Labute approximate surface area is 172 Å². The molecule has 1 aromatic heterocycles. The van der Waals surface area contributed by atoms with E-state index in [1.807, 2.05) is 37.3 Å². The monoisotopic (exact) mass is 398 g/mol. The maximum atomic E-state index is 12.2. The van der Waals surface area contributed by atoms with Gasteiger partial charge in [-0.25, -0.2) is 0 Å². The van der Waals surface area contributed by atoms with Crippen LogP contribution in [0, 0.1) is 0 Å². The van der Waals surface area contributed by atoms with E-state index in [1.54, 1.807) is 13.3 Å². The molecule has 2 heterocycles. The summed E-state index contributed by atoms with van der Waals surface area (Å²) in [7, 11) is 1.80. The van der Waals surface area contributed by atoms with Crippen LogP contribution < -0.4 is 10.6 Å². The lowest BCUT2D eigenvalue weighted by atomic mass is 10.1. The van der Waals surface area contributed by atoms with Crippen molar-refractivity contribution in [2.24, 2.45) is 4.99 Å². The SMILES string of the molecule is CCCNC(=O)c1cccc(CNC(=NC)N2CCN(Cc3ccon3)CC2)c1. The highest BCUT2D eigenvalue weighted by Gasteiger charge is 2.20. The highest BCUT2D eigenvalue weighted by molar-refractivity contribution is 5.94. The smallest absolute Gasteiger partial charge is 0.251 e. The van der Waals surface area contributed by atoms with Gasteiger partial charge < -0.3 is 20.1 Å². The zero-order chi connectivity index (χ0) is 20.5. The molecule has 0 atom stereocenters. The second kappa shape index (κ2) is 10.6. The predicted octanol–water partition coefficient (Wildman–Crippen LogP) is 1.71. The van der Waals surface area contributed by atoms with Crippen molar-refractivity contribution >= 4 is 11.9 Å². The van der Waals surface area contributed by atoms with Crippen LogP contribution in [-0.2, 0) is 13.1 Å². The Morgan fingerprint density at radius 3 is 2.72 bits per heavy atom. The Bertz CT molecular complexity index is 797. The number of piperazine rings is 1. The molecule has 1 aromatic carbocycles. The molecule has 0 saturated carbocycles. The number of carbonyl (C=O) groups excluding carboxylic acids is 1. The number of nitrogens with zero attached hydrogens (tertiary/aromatic N) is 4. The van der Waals surface area contributed by atoms with Gasteiger partial charge in [0, 0.05) is 64.5 Å². The Morgan fingerprint density at radius 1 is 1.21 bits per heavy atom. The summed E-state index contributed by atoms with van der Waals surface area (Å²) < 4.78 is 4.91. The standard InChI is InChI=1S/C21H30N6O2/c1-3-8-23-20(28)18-6-4-5-17(14-18)15-24-21(22-2)27-11-9-26(10-12-27)16-19-7-13-29-25-19/h4-7,13-14H,3,8-12,15-16H2,1-2H3,(H,22,24)(H,23,28). The average Bonchev–Trinajstić information content (AvgIpc) is 3.27. The molecule has 0 radical (unpaired) electrons. The second-order valence-electron chi connectivity index (χ2n) is 7.11. The van der Waals surface area contributed by atoms with E-state index in [2.05, 4.69) is 30.6 Å². The Kier molecular flexibility index (Phi) is 7.63. The van der Waals surface area contributed by atoms with Gasteiger partial charge in [-0.3, -0.25) is 14.7 Å². The first-order valence-corrected chi connectivity index (χ1v) is 10.1. The fourth-order valence-electron chi connectivity index (χ4n) is 3.34. The number of amides is 1. The van der Waals surface area contributed by atoms with Crippen LogP contribution in [0.25, 0.3) is 0 Å². The zero-order valence-corrected chi connectivity index (χ0v) is 17.2. The van der Waals surface area contributed by atoms with E-state index in [9.17, 15) is 4.79 Å². The third kappa shape index (κ3) is 6.05. The van der Waals surface area contributed by atoms with Gasteiger partial charge >= 0.3 is 0 Å². The highest BCUT2D eigenvalue weighted by Crippen LogP contribution is 2.09. The number of hydrogen-bond acceptors (Lipinski definition) is 5. The molecule has 0 bridgehead atoms. The minimum Gasteiger partial charge on any atom is -0.364 e. The molecule has 1 amide bonds. The van der Waals surface area contributed by atoms with Crippen molar-refractivity contribution in [1.82, 2.24) is 25.6 Å². The fraction of sp³-hybridized carbons (Fsp3) is 0.476. The van der Waals surface area contributed by atoms with Gasteiger partial charge in [0.05, 0.1) is 5.69 Å². The molecular weight excluding hydrogens is 368 g/mol. The number of benzene rings is 1. The molecule has 8 nitrogen and oxygen atoms in total. The lowest BCUT2D eigenvalue weighted by molar-refractivity contribution is 0.0953. The van der Waals surface area contributed by atoms with E-state index in [0.717, 1.165) is 56.4 Å². The quantitative estimate of drug-likeness (QED) is 0.546. The zero-order valence-electron chi connectivity index (χ0n) is 17.2. The maximum Gasteiger partial charge on any atom is 0.251 e. The summed E-state index contributed by atoms with van der Waals surface area (Å²) in [5.74, 6) is 0.855. The van der Waals surface area contributed by atoms with E-state index >= 15 is 0 Å². The molecule has 1 fully saturated rings. The van der Waals surface area contributed by atoms with E-state index in [1.165, 1.54) is 0 Å². The van der Waals surface area contributed by atoms with Crippen molar-refractivity contribution < 1.29 is 9.32 Å².